The molecule has 26 heavy (non-hydrogen) atoms. The predicted molar refractivity (Wildman–Crippen MR) is 99.3 cm³/mol. The van der Waals surface area contributed by atoms with Crippen LogP contribution in [-0.2, 0) is 0 Å². The first-order valence-corrected chi connectivity index (χ1v) is 7.98. The summed E-state index contributed by atoms with van der Waals surface area (Å²) in [4.78, 5) is 25.1. The zero-order valence-electron chi connectivity index (χ0n) is 13.8. The highest BCUT2D eigenvalue weighted by atomic mass is 16.3. The van der Waals surface area contributed by atoms with Gasteiger partial charge in [0.25, 0.3) is 5.91 Å². The molecule has 2 N–H and O–H groups in total. The maximum atomic E-state index is 12.8. The van der Waals surface area contributed by atoms with Crippen LogP contribution in [0.1, 0.15) is 26.3 Å². The van der Waals surface area contributed by atoms with E-state index in [1.165, 1.54) is 12.1 Å². The first-order valence-electron chi connectivity index (χ1n) is 7.98. The Morgan fingerprint density at radius 1 is 0.731 bits per heavy atom. The first kappa shape index (κ1) is 17.1. The molecule has 0 aliphatic carbocycles. The van der Waals surface area contributed by atoms with Crippen LogP contribution >= 0.6 is 0 Å². The van der Waals surface area contributed by atoms with Gasteiger partial charge in [0.2, 0.25) is 5.78 Å². The van der Waals surface area contributed by atoms with Gasteiger partial charge >= 0.3 is 0 Å². The number of hydrogen-bond acceptors (Lipinski definition) is 4. The Kier molecular flexibility index (Phi) is 5.19. The fraction of sp³-hybridized carbons (Fsp3) is 0. The third-order valence-corrected chi connectivity index (χ3v) is 3.72. The van der Waals surface area contributed by atoms with Crippen LogP contribution in [0.4, 0.5) is 0 Å². The Bertz CT molecular complexity index is 951. The Labute approximate surface area is 150 Å². The monoisotopic (exact) mass is 344 g/mol. The number of rotatable bonds is 5. The number of ketones is 1. The standard InChI is InChI=1S/C21H16N2O3/c24-18-14-8-7-13-17(18)21(26)23-22-19(15-9-3-1-4-10-15)20(25)16-11-5-2-6-12-16/h1-14,24H,(H,23,26)/b22-19-. The smallest absolute Gasteiger partial charge is 0.275 e. The van der Waals surface area contributed by atoms with E-state index in [0.29, 0.717) is 11.1 Å². The fourth-order valence-electron chi connectivity index (χ4n) is 2.40. The number of nitrogens with one attached hydrogen (secondary N) is 1. The van der Waals surface area contributed by atoms with Crippen molar-refractivity contribution in [3.05, 3.63) is 102 Å². The molecule has 0 radical (unpaired) electrons. The Morgan fingerprint density at radius 3 is 1.88 bits per heavy atom. The van der Waals surface area contributed by atoms with Gasteiger partial charge in [0.1, 0.15) is 11.5 Å². The van der Waals surface area contributed by atoms with Crippen molar-refractivity contribution in [3.8, 4) is 5.75 Å². The predicted octanol–water partition coefficient (Wildman–Crippen LogP) is 3.41. The van der Waals surface area contributed by atoms with Gasteiger partial charge in [-0.25, -0.2) is 5.43 Å². The minimum atomic E-state index is -0.600. The van der Waals surface area contributed by atoms with E-state index in [9.17, 15) is 14.7 Å². The van der Waals surface area contributed by atoms with Gasteiger partial charge in [-0.3, -0.25) is 9.59 Å². The molecule has 3 aromatic carbocycles. The van der Waals surface area contributed by atoms with Crippen LogP contribution in [0, 0.1) is 0 Å². The molecule has 0 spiro atoms. The molecule has 0 unspecified atom stereocenters. The van der Waals surface area contributed by atoms with Gasteiger partial charge in [-0.1, -0.05) is 72.8 Å². The molecule has 0 saturated carbocycles. The van der Waals surface area contributed by atoms with Crippen molar-refractivity contribution in [1.82, 2.24) is 5.43 Å². The summed E-state index contributed by atoms with van der Waals surface area (Å²) in [5.74, 6) is -1.07. The van der Waals surface area contributed by atoms with Crippen LogP contribution in [0.15, 0.2) is 90.0 Å². The van der Waals surface area contributed by atoms with E-state index in [4.69, 9.17) is 0 Å². The normalized spacial score (nSPS) is 11.0. The molecule has 0 fully saturated rings. The molecule has 3 rings (SSSR count). The van der Waals surface area contributed by atoms with E-state index in [1.54, 1.807) is 60.7 Å². The number of Topliss-reactive ketones (excluding diaryl/α,β-unsaturated/α-hetero) is 1. The number of amides is 1. The number of aromatic hydroxyl groups is 1. The topological polar surface area (TPSA) is 78.8 Å². The summed E-state index contributed by atoms with van der Waals surface area (Å²) in [7, 11) is 0. The third kappa shape index (κ3) is 3.84. The largest absolute Gasteiger partial charge is 0.507 e. The van der Waals surface area contributed by atoms with E-state index in [2.05, 4.69) is 10.5 Å². The summed E-state index contributed by atoms with van der Waals surface area (Å²) < 4.78 is 0. The lowest BCUT2D eigenvalue weighted by molar-refractivity contribution is 0.0952. The van der Waals surface area contributed by atoms with Gasteiger partial charge in [-0.15, -0.1) is 0 Å². The summed E-state index contributed by atoms with van der Waals surface area (Å²) in [6.45, 7) is 0. The van der Waals surface area contributed by atoms with Crippen molar-refractivity contribution >= 4 is 17.4 Å². The lowest BCUT2D eigenvalue weighted by Gasteiger charge is -2.08. The molecule has 0 aromatic heterocycles. The van der Waals surface area contributed by atoms with E-state index in [0.717, 1.165) is 0 Å². The van der Waals surface area contributed by atoms with Crippen LogP contribution in [0.3, 0.4) is 0 Å². The second-order valence-corrected chi connectivity index (χ2v) is 5.48. The van der Waals surface area contributed by atoms with Gasteiger partial charge in [0.05, 0.1) is 5.56 Å². The van der Waals surface area contributed by atoms with Crippen LogP contribution in [0.2, 0.25) is 0 Å². The van der Waals surface area contributed by atoms with Crippen LogP contribution in [0.5, 0.6) is 5.75 Å². The van der Waals surface area contributed by atoms with E-state index in [1.807, 2.05) is 12.1 Å². The highest BCUT2D eigenvalue weighted by molar-refractivity contribution is 6.51. The molecule has 0 aliphatic rings. The number of benzene rings is 3. The number of carbonyl (C=O) groups excluding carboxylic acids is 2. The van der Waals surface area contributed by atoms with Crippen LogP contribution in [0.25, 0.3) is 0 Å². The van der Waals surface area contributed by atoms with Crippen molar-refractivity contribution < 1.29 is 14.7 Å². The molecule has 0 bridgehead atoms. The molecular weight excluding hydrogens is 328 g/mol. The summed E-state index contributed by atoms with van der Waals surface area (Å²) in [5.41, 5.74) is 3.60. The zero-order chi connectivity index (χ0) is 18.4. The SMILES string of the molecule is O=C(/C(=N\NC(=O)c1ccccc1O)c1ccccc1)c1ccccc1. The molecule has 0 heterocycles. The molecule has 3 aromatic rings. The van der Waals surface area contributed by atoms with Crippen LogP contribution < -0.4 is 5.43 Å². The lowest BCUT2D eigenvalue weighted by Crippen LogP contribution is -2.24. The fourth-order valence-corrected chi connectivity index (χ4v) is 2.40. The minimum Gasteiger partial charge on any atom is -0.507 e. The van der Waals surface area contributed by atoms with E-state index in [-0.39, 0.29) is 22.8 Å². The number of hydrogen-bond donors (Lipinski definition) is 2. The van der Waals surface area contributed by atoms with Crippen molar-refractivity contribution in [1.29, 1.82) is 0 Å². The number of phenols is 1. The first-order chi connectivity index (χ1) is 12.7. The quantitative estimate of drug-likeness (QED) is 0.423. The third-order valence-electron chi connectivity index (χ3n) is 3.72. The molecule has 0 atom stereocenters. The summed E-state index contributed by atoms with van der Waals surface area (Å²) in [6, 6.07) is 23.7. The van der Waals surface area contributed by atoms with E-state index < -0.39 is 5.91 Å². The van der Waals surface area contributed by atoms with Gasteiger partial charge in [0.15, 0.2) is 0 Å². The second-order valence-electron chi connectivity index (χ2n) is 5.48. The van der Waals surface area contributed by atoms with Crippen molar-refractivity contribution in [2.75, 3.05) is 0 Å². The van der Waals surface area contributed by atoms with Crippen LogP contribution in [-0.4, -0.2) is 22.5 Å². The number of para-hydroxylation sites is 1. The molecule has 0 aliphatic heterocycles. The van der Waals surface area contributed by atoms with Gasteiger partial charge in [0, 0.05) is 11.1 Å². The zero-order valence-corrected chi connectivity index (χ0v) is 13.8. The maximum Gasteiger partial charge on any atom is 0.275 e. The van der Waals surface area contributed by atoms with E-state index >= 15 is 0 Å². The van der Waals surface area contributed by atoms with Crippen molar-refractivity contribution in [3.63, 3.8) is 0 Å². The Morgan fingerprint density at radius 2 is 1.27 bits per heavy atom. The lowest BCUT2D eigenvalue weighted by atomic mass is 10.0. The highest BCUT2D eigenvalue weighted by Gasteiger charge is 2.17. The maximum absolute atomic E-state index is 12.8. The molecular formula is C21H16N2O3. The minimum absolute atomic E-state index is 0.0795. The average Bonchev–Trinajstić information content (AvgIpc) is 2.69. The number of hydrazone groups is 1. The molecule has 5 nitrogen and oxygen atoms in total. The Hall–Kier alpha value is -3.73. The number of nitrogens with zero attached hydrogens (tertiary/aromatic N) is 1. The molecule has 0 saturated heterocycles. The summed E-state index contributed by atoms with van der Waals surface area (Å²) in [6.07, 6.45) is 0. The number of phenolic OH excluding ortho intramolecular Hbond substituents is 1. The summed E-state index contributed by atoms with van der Waals surface area (Å²) >= 11 is 0. The second kappa shape index (κ2) is 7.90. The number of carbonyl (C=O) groups is 2. The Balaban J connectivity index is 1.93. The van der Waals surface area contributed by atoms with Crippen molar-refractivity contribution in [2.45, 2.75) is 0 Å². The van der Waals surface area contributed by atoms with Gasteiger partial charge in [-0.2, -0.15) is 5.10 Å². The van der Waals surface area contributed by atoms with Crippen molar-refractivity contribution in [2.24, 2.45) is 5.10 Å². The summed E-state index contributed by atoms with van der Waals surface area (Å²) in [5, 5.41) is 13.8. The highest BCUT2D eigenvalue weighted by Crippen LogP contribution is 2.15. The van der Waals surface area contributed by atoms with Gasteiger partial charge in [-0.05, 0) is 12.1 Å². The molecule has 1 amide bonds. The molecule has 5 heteroatoms. The average molecular weight is 344 g/mol. The van der Waals surface area contributed by atoms with Gasteiger partial charge < -0.3 is 5.11 Å². The molecule has 128 valence electrons.